The molecule has 0 aliphatic carbocycles. The molecule has 4 nitrogen and oxygen atoms in total. The number of aromatic nitrogens is 2. The molecular formula is C11H10N2O2. The zero-order chi connectivity index (χ0) is 10.8. The van der Waals surface area contributed by atoms with Crippen LogP contribution in [-0.4, -0.2) is 21.0 Å². The van der Waals surface area contributed by atoms with Crippen LogP contribution in [0, 0.1) is 6.92 Å². The van der Waals surface area contributed by atoms with Gasteiger partial charge < -0.3 is 5.11 Å². The summed E-state index contributed by atoms with van der Waals surface area (Å²) in [6.45, 7) is 1.87. The third-order valence-corrected chi connectivity index (χ3v) is 2.19. The van der Waals surface area contributed by atoms with Crippen LogP contribution in [0.5, 0.6) is 0 Å². The molecule has 1 N–H and O–H groups in total. The topological polar surface area (TPSA) is 63.1 Å². The number of pyridine rings is 2. The molecule has 2 aromatic heterocycles. The normalized spacial score (nSPS) is 10.5. The van der Waals surface area contributed by atoms with Gasteiger partial charge in [0.15, 0.2) is 0 Å². The average molecular weight is 202 g/mol. The monoisotopic (exact) mass is 202 g/mol. The summed E-state index contributed by atoms with van der Waals surface area (Å²) < 4.78 is 0. The standard InChI is InChI=1S/C11H10N2O2/c1-7-4-9-8(6-13-7)2-3-12-10(9)5-11(14)15/h2-4,6H,5H2,1H3,(H,14,15). The smallest absolute Gasteiger partial charge is 0.309 e. The van der Waals surface area contributed by atoms with Crippen molar-refractivity contribution in [3.63, 3.8) is 0 Å². The fraction of sp³-hybridized carbons (Fsp3) is 0.182. The van der Waals surface area contributed by atoms with Crippen LogP contribution < -0.4 is 0 Å². The molecule has 15 heavy (non-hydrogen) atoms. The number of carboxylic acids is 1. The van der Waals surface area contributed by atoms with Crippen LogP contribution >= 0.6 is 0 Å². The molecule has 0 fully saturated rings. The maximum atomic E-state index is 10.6. The Kier molecular flexibility index (Phi) is 2.33. The van der Waals surface area contributed by atoms with E-state index in [4.69, 9.17) is 5.11 Å². The highest BCUT2D eigenvalue weighted by Gasteiger charge is 2.06. The van der Waals surface area contributed by atoms with E-state index in [9.17, 15) is 4.79 Å². The van der Waals surface area contributed by atoms with Gasteiger partial charge in [0.05, 0.1) is 12.1 Å². The van der Waals surface area contributed by atoms with E-state index in [1.165, 1.54) is 0 Å². The molecule has 0 atom stereocenters. The molecule has 0 amide bonds. The van der Waals surface area contributed by atoms with Gasteiger partial charge in [0.1, 0.15) is 0 Å². The van der Waals surface area contributed by atoms with E-state index in [0.717, 1.165) is 16.5 Å². The fourth-order valence-electron chi connectivity index (χ4n) is 1.51. The highest BCUT2D eigenvalue weighted by Crippen LogP contribution is 2.17. The first-order valence-corrected chi connectivity index (χ1v) is 4.59. The molecule has 0 saturated carbocycles. The van der Waals surface area contributed by atoms with Crippen LogP contribution in [0.15, 0.2) is 24.5 Å². The van der Waals surface area contributed by atoms with Gasteiger partial charge in [-0.15, -0.1) is 0 Å². The quantitative estimate of drug-likeness (QED) is 0.802. The lowest BCUT2D eigenvalue weighted by atomic mass is 10.1. The second-order valence-electron chi connectivity index (χ2n) is 3.37. The van der Waals surface area contributed by atoms with Crippen LogP contribution in [0.4, 0.5) is 0 Å². The van der Waals surface area contributed by atoms with Crippen molar-refractivity contribution in [3.8, 4) is 0 Å². The second-order valence-corrected chi connectivity index (χ2v) is 3.37. The van der Waals surface area contributed by atoms with Crippen molar-refractivity contribution >= 4 is 16.7 Å². The van der Waals surface area contributed by atoms with Gasteiger partial charge in [-0.2, -0.15) is 0 Å². The molecule has 0 radical (unpaired) electrons. The summed E-state index contributed by atoms with van der Waals surface area (Å²) in [5, 5.41) is 10.5. The highest BCUT2D eigenvalue weighted by molar-refractivity contribution is 5.86. The van der Waals surface area contributed by atoms with Crippen molar-refractivity contribution in [2.24, 2.45) is 0 Å². The average Bonchev–Trinajstić information content (AvgIpc) is 2.18. The predicted octanol–water partition coefficient (Wildman–Crippen LogP) is 1.57. The molecule has 2 heterocycles. The van der Waals surface area contributed by atoms with E-state index in [1.54, 1.807) is 12.4 Å². The van der Waals surface area contributed by atoms with Crippen LogP contribution in [0.25, 0.3) is 10.8 Å². The third-order valence-electron chi connectivity index (χ3n) is 2.19. The molecule has 0 aliphatic heterocycles. The summed E-state index contributed by atoms with van der Waals surface area (Å²) in [5.74, 6) is -0.871. The SMILES string of the molecule is Cc1cc2c(CC(=O)O)nccc2cn1. The molecular weight excluding hydrogens is 192 g/mol. The Morgan fingerprint density at radius 2 is 2.27 bits per heavy atom. The van der Waals surface area contributed by atoms with E-state index in [-0.39, 0.29) is 6.42 Å². The summed E-state index contributed by atoms with van der Waals surface area (Å²) in [4.78, 5) is 18.9. The summed E-state index contributed by atoms with van der Waals surface area (Å²) in [5.41, 5.74) is 1.45. The number of aryl methyl sites for hydroxylation is 1. The molecule has 0 spiro atoms. The van der Waals surface area contributed by atoms with Gasteiger partial charge in [-0.25, -0.2) is 0 Å². The third kappa shape index (κ3) is 1.93. The maximum Gasteiger partial charge on any atom is 0.309 e. The Bertz CT molecular complexity index is 523. The number of fused-ring (bicyclic) bond motifs is 1. The van der Waals surface area contributed by atoms with E-state index in [1.807, 2.05) is 19.1 Å². The zero-order valence-corrected chi connectivity index (χ0v) is 8.27. The van der Waals surface area contributed by atoms with Gasteiger partial charge in [0.25, 0.3) is 0 Å². The molecule has 76 valence electrons. The Hall–Kier alpha value is -1.97. The molecule has 2 aromatic rings. The number of carbonyl (C=O) groups is 1. The van der Waals surface area contributed by atoms with Crippen molar-refractivity contribution in [2.45, 2.75) is 13.3 Å². The Balaban J connectivity index is 2.63. The lowest BCUT2D eigenvalue weighted by Gasteiger charge is -2.03. The minimum atomic E-state index is -0.871. The second kappa shape index (κ2) is 3.65. The van der Waals surface area contributed by atoms with Crippen LogP contribution in [-0.2, 0) is 11.2 Å². The molecule has 0 bridgehead atoms. The van der Waals surface area contributed by atoms with Crippen molar-refractivity contribution in [2.75, 3.05) is 0 Å². The summed E-state index contributed by atoms with van der Waals surface area (Å²) in [6.07, 6.45) is 3.29. The van der Waals surface area contributed by atoms with E-state index in [0.29, 0.717) is 5.69 Å². The van der Waals surface area contributed by atoms with Gasteiger partial charge in [-0.05, 0) is 19.1 Å². The molecule has 4 heteroatoms. The van der Waals surface area contributed by atoms with E-state index >= 15 is 0 Å². The van der Waals surface area contributed by atoms with Gasteiger partial charge in [-0.1, -0.05) is 0 Å². The minimum Gasteiger partial charge on any atom is -0.481 e. The molecule has 0 aliphatic rings. The van der Waals surface area contributed by atoms with Crippen molar-refractivity contribution in [1.82, 2.24) is 9.97 Å². The van der Waals surface area contributed by atoms with E-state index < -0.39 is 5.97 Å². The first-order valence-electron chi connectivity index (χ1n) is 4.59. The van der Waals surface area contributed by atoms with Crippen molar-refractivity contribution in [3.05, 3.63) is 35.9 Å². The number of aliphatic carboxylic acids is 1. The van der Waals surface area contributed by atoms with Gasteiger partial charge in [-0.3, -0.25) is 14.8 Å². The van der Waals surface area contributed by atoms with Gasteiger partial charge >= 0.3 is 5.97 Å². The Morgan fingerprint density at radius 1 is 1.47 bits per heavy atom. The number of hydrogen-bond acceptors (Lipinski definition) is 3. The zero-order valence-electron chi connectivity index (χ0n) is 8.27. The minimum absolute atomic E-state index is 0.0548. The van der Waals surface area contributed by atoms with Gasteiger partial charge in [0.2, 0.25) is 0 Å². The predicted molar refractivity (Wildman–Crippen MR) is 55.6 cm³/mol. The van der Waals surface area contributed by atoms with Crippen LogP contribution in [0.1, 0.15) is 11.4 Å². The summed E-state index contributed by atoms with van der Waals surface area (Å²) in [6, 6.07) is 3.69. The lowest BCUT2D eigenvalue weighted by Crippen LogP contribution is -2.03. The molecule has 0 aromatic carbocycles. The highest BCUT2D eigenvalue weighted by atomic mass is 16.4. The van der Waals surface area contributed by atoms with Crippen molar-refractivity contribution < 1.29 is 9.90 Å². The summed E-state index contributed by atoms with van der Waals surface area (Å²) in [7, 11) is 0. The Labute approximate surface area is 86.6 Å². The number of nitrogens with zero attached hydrogens (tertiary/aromatic N) is 2. The first-order chi connectivity index (χ1) is 7.16. The van der Waals surface area contributed by atoms with E-state index in [2.05, 4.69) is 9.97 Å². The fourth-order valence-corrected chi connectivity index (χ4v) is 1.51. The van der Waals surface area contributed by atoms with Crippen LogP contribution in [0.3, 0.4) is 0 Å². The largest absolute Gasteiger partial charge is 0.481 e. The molecule has 0 saturated heterocycles. The number of rotatable bonds is 2. The lowest BCUT2D eigenvalue weighted by molar-refractivity contribution is -0.136. The number of carboxylic acid groups (broad SMARTS) is 1. The molecule has 2 rings (SSSR count). The molecule has 0 unspecified atom stereocenters. The first kappa shape index (κ1) is 9.58. The number of hydrogen-bond donors (Lipinski definition) is 1. The Morgan fingerprint density at radius 3 is 3.00 bits per heavy atom. The van der Waals surface area contributed by atoms with Gasteiger partial charge in [0, 0.05) is 28.9 Å². The summed E-state index contributed by atoms with van der Waals surface area (Å²) >= 11 is 0. The van der Waals surface area contributed by atoms with Crippen molar-refractivity contribution in [1.29, 1.82) is 0 Å². The van der Waals surface area contributed by atoms with Crippen LogP contribution in [0.2, 0.25) is 0 Å². The maximum absolute atomic E-state index is 10.6.